The van der Waals surface area contributed by atoms with E-state index < -0.39 is 0 Å². The Morgan fingerprint density at radius 3 is 2.96 bits per heavy atom. The number of hydrogen-bond donors (Lipinski definition) is 1. The van der Waals surface area contributed by atoms with E-state index in [1.807, 2.05) is 6.07 Å². The van der Waals surface area contributed by atoms with Crippen LogP contribution in [0.4, 0.5) is 11.6 Å². The lowest BCUT2D eigenvalue weighted by molar-refractivity contribution is -0.129. The summed E-state index contributed by atoms with van der Waals surface area (Å²) >= 11 is 1.67. The van der Waals surface area contributed by atoms with Gasteiger partial charge in [-0.3, -0.25) is 4.79 Å². The number of amides is 1. The van der Waals surface area contributed by atoms with Gasteiger partial charge in [0.05, 0.1) is 0 Å². The van der Waals surface area contributed by atoms with Gasteiger partial charge in [-0.1, -0.05) is 25.1 Å². The zero-order chi connectivity index (χ0) is 16.9. The van der Waals surface area contributed by atoms with E-state index in [-0.39, 0.29) is 0 Å². The fourth-order valence-corrected chi connectivity index (χ4v) is 4.38. The van der Waals surface area contributed by atoms with Gasteiger partial charge in [0.25, 0.3) is 0 Å². The van der Waals surface area contributed by atoms with E-state index >= 15 is 0 Å². The molecule has 2 fully saturated rings. The quantitative estimate of drug-likeness (QED) is 0.483. The number of thioether (sulfide) groups is 1. The van der Waals surface area contributed by atoms with E-state index in [2.05, 4.69) is 21.7 Å². The zero-order valence-electron chi connectivity index (χ0n) is 14.4. The van der Waals surface area contributed by atoms with Crippen molar-refractivity contribution < 1.29 is 4.79 Å². The number of unbranched alkanes of at least 4 members (excludes halogenated alkanes) is 1. The van der Waals surface area contributed by atoms with Crippen LogP contribution in [0.3, 0.4) is 0 Å². The van der Waals surface area contributed by atoms with Crippen molar-refractivity contribution in [2.45, 2.75) is 56.6 Å². The Hall–Kier alpha value is -1.50. The standard InChI is InChI=1S/C17H27N5OS/c1-2-3-10-24-17-19-14(18)11-15(20-17)21-8-4-6-13(12-21)22-9-5-7-16(22)23/h11,13H,2-10,12H2,1H3,(H2,18,19,20)/t13-/m0/s1. The normalized spacial score (nSPS) is 21.5. The van der Waals surface area contributed by atoms with Crippen molar-refractivity contribution in [3.8, 4) is 0 Å². The number of aromatic nitrogens is 2. The Bertz CT molecular complexity index is 582. The lowest BCUT2D eigenvalue weighted by Crippen LogP contribution is -2.48. The van der Waals surface area contributed by atoms with Crippen molar-refractivity contribution in [1.29, 1.82) is 0 Å². The first-order valence-corrected chi connectivity index (χ1v) is 9.97. The third kappa shape index (κ3) is 4.12. The van der Waals surface area contributed by atoms with Gasteiger partial charge in [-0.15, -0.1) is 0 Å². The maximum Gasteiger partial charge on any atom is 0.222 e. The minimum atomic E-state index is 0.305. The first-order valence-electron chi connectivity index (χ1n) is 8.99. The summed E-state index contributed by atoms with van der Waals surface area (Å²) in [4.78, 5) is 25.4. The molecule has 2 saturated heterocycles. The SMILES string of the molecule is CCCCSc1nc(N)cc(N2CCC[C@H](N3CCCC3=O)C2)n1. The summed E-state index contributed by atoms with van der Waals surface area (Å²) in [6, 6.07) is 2.17. The Balaban J connectivity index is 1.69. The second-order valence-electron chi connectivity index (χ2n) is 6.57. The van der Waals surface area contributed by atoms with E-state index in [0.717, 1.165) is 62.0 Å². The van der Waals surface area contributed by atoms with Crippen LogP contribution in [0.2, 0.25) is 0 Å². The Labute approximate surface area is 148 Å². The molecule has 2 aliphatic heterocycles. The van der Waals surface area contributed by atoms with Gasteiger partial charge in [0.2, 0.25) is 5.91 Å². The van der Waals surface area contributed by atoms with Crippen LogP contribution >= 0.6 is 11.8 Å². The van der Waals surface area contributed by atoms with Crippen LogP contribution < -0.4 is 10.6 Å². The van der Waals surface area contributed by atoms with Crippen LogP contribution in [0.1, 0.15) is 45.4 Å². The van der Waals surface area contributed by atoms with Gasteiger partial charge in [0.1, 0.15) is 11.6 Å². The van der Waals surface area contributed by atoms with Crippen molar-refractivity contribution in [3.63, 3.8) is 0 Å². The summed E-state index contributed by atoms with van der Waals surface area (Å²) in [5.41, 5.74) is 5.99. The van der Waals surface area contributed by atoms with Crippen LogP contribution in [0.25, 0.3) is 0 Å². The molecule has 0 aromatic carbocycles. The molecule has 132 valence electrons. The Morgan fingerprint density at radius 2 is 2.21 bits per heavy atom. The highest BCUT2D eigenvalue weighted by atomic mass is 32.2. The number of carbonyl (C=O) groups excluding carboxylic acids is 1. The van der Waals surface area contributed by atoms with Crippen LogP contribution in [0.5, 0.6) is 0 Å². The van der Waals surface area contributed by atoms with Gasteiger partial charge in [-0.05, 0) is 25.7 Å². The summed E-state index contributed by atoms with van der Waals surface area (Å²) < 4.78 is 0. The van der Waals surface area contributed by atoms with Gasteiger partial charge in [0, 0.05) is 43.9 Å². The molecule has 24 heavy (non-hydrogen) atoms. The van der Waals surface area contributed by atoms with E-state index in [9.17, 15) is 4.79 Å². The number of nitrogen functional groups attached to an aromatic ring is 1. The number of nitrogens with zero attached hydrogens (tertiary/aromatic N) is 4. The third-order valence-corrected chi connectivity index (χ3v) is 5.65. The average Bonchev–Trinajstić information content (AvgIpc) is 3.01. The molecule has 1 aromatic heterocycles. The highest BCUT2D eigenvalue weighted by Crippen LogP contribution is 2.27. The van der Waals surface area contributed by atoms with Gasteiger partial charge in [0.15, 0.2) is 5.16 Å². The number of likely N-dealkylation sites (tertiary alicyclic amines) is 1. The number of anilines is 2. The number of nitrogens with two attached hydrogens (primary N) is 1. The average molecular weight is 350 g/mol. The van der Waals surface area contributed by atoms with Crippen LogP contribution in [0.15, 0.2) is 11.2 Å². The van der Waals surface area contributed by atoms with E-state index in [1.54, 1.807) is 11.8 Å². The predicted molar refractivity (Wildman–Crippen MR) is 98.3 cm³/mol. The second-order valence-corrected chi connectivity index (χ2v) is 7.63. The molecule has 1 amide bonds. The fraction of sp³-hybridized carbons (Fsp3) is 0.706. The molecular weight excluding hydrogens is 322 g/mol. The van der Waals surface area contributed by atoms with Crippen molar-refractivity contribution in [2.24, 2.45) is 0 Å². The van der Waals surface area contributed by atoms with Gasteiger partial charge in [-0.25, -0.2) is 9.97 Å². The summed E-state index contributed by atoms with van der Waals surface area (Å²) in [7, 11) is 0. The molecule has 7 heteroatoms. The molecule has 0 saturated carbocycles. The van der Waals surface area contributed by atoms with Crippen molar-refractivity contribution in [2.75, 3.05) is 36.0 Å². The van der Waals surface area contributed by atoms with Crippen LogP contribution in [-0.2, 0) is 4.79 Å². The molecular formula is C17H27N5OS. The monoisotopic (exact) mass is 349 g/mol. The summed E-state index contributed by atoms with van der Waals surface area (Å²) in [6.45, 7) is 4.90. The van der Waals surface area contributed by atoms with E-state index in [4.69, 9.17) is 10.7 Å². The maximum atomic E-state index is 12.0. The molecule has 2 N–H and O–H groups in total. The Morgan fingerprint density at radius 1 is 1.33 bits per heavy atom. The van der Waals surface area contributed by atoms with Crippen molar-refractivity contribution in [3.05, 3.63) is 6.07 Å². The molecule has 2 aliphatic rings. The fourth-order valence-electron chi connectivity index (χ4n) is 3.44. The van der Waals surface area contributed by atoms with Crippen molar-refractivity contribution >= 4 is 29.3 Å². The smallest absolute Gasteiger partial charge is 0.222 e. The van der Waals surface area contributed by atoms with Gasteiger partial charge >= 0.3 is 0 Å². The molecule has 1 atom stereocenters. The molecule has 0 radical (unpaired) electrons. The minimum absolute atomic E-state index is 0.305. The lowest BCUT2D eigenvalue weighted by atomic mass is 10.0. The molecule has 3 heterocycles. The predicted octanol–water partition coefficient (Wildman–Crippen LogP) is 2.54. The number of piperidine rings is 1. The maximum absolute atomic E-state index is 12.0. The minimum Gasteiger partial charge on any atom is -0.383 e. The van der Waals surface area contributed by atoms with E-state index in [1.165, 1.54) is 6.42 Å². The number of rotatable bonds is 6. The van der Waals surface area contributed by atoms with E-state index in [0.29, 0.717) is 24.2 Å². The molecule has 0 unspecified atom stereocenters. The lowest BCUT2D eigenvalue weighted by Gasteiger charge is -2.38. The Kier molecular flexibility index (Phi) is 5.81. The van der Waals surface area contributed by atoms with Crippen LogP contribution in [0, 0.1) is 0 Å². The molecule has 3 rings (SSSR count). The third-order valence-electron chi connectivity index (χ3n) is 4.71. The molecule has 6 nitrogen and oxygen atoms in total. The first kappa shape index (κ1) is 17.3. The van der Waals surface area contributed by atoms with Gasteiger partial charge in [-0.2, -0.15) is 0 Å². The second kappa shape index (κ2) is 8.05. The number of hydrogen-bond acceptors (Lipinski definition) is 6. The van der Waals surface area contributed by atoms with Gasteiger partial charge < -0.3 is 15.5 Å². The summed E-state index contributed by atoms with van der Waals surface area (Å²) in [5, 5.41) is 0.762. The summed E-state index contributed by atoms with van der Waals surface area (Å²) in [6.07, 6.45) is 6.18. The van der Waals surface area contributed by atoms with Crippen LogP contribution in [-0.4, -0.2) is 52.2 Å². The molecule has 1 aromatic rings. The molecule has 0 spiro atoms. The molecule has 0 aliphatic carbocycles. The highest BCUT2D eigenvalue weighted by molar-refractivity contribution is 7.99. The molecule has 0 bridgehead atoms. The zero-order valence-corrected chi connectivity index (χ0v) is 15.2. The number of carbonyl (C=O) groups is 1. The van der Waals surface area contributed by atoms with Crippen molar-refractivity contribution in [1.82, 2.24) is 14.9 Å². The highest BCUT2D eigenvalue weighted by Gasteiger charge is 2.31. The largest absolute Gasteiger partial charge is 0.383 e. The summed E-state index contributed by atoms with van der Waals surface area (Å²) in [5.74, 6) is 2.75. The first-order chi connectivity index (χ1) is 11.7. The topological polar surface area (TPSA) is 75.3 Å².